The maximum Gasteiger partial charge on any atom is 0.335 e. The van der Waals surface area contributed by atoms with Crippen molar-refractivity contribution in [1.82, 2.24) is 14.4 Å². The van der Waals surface area contributed by atoms with Crippen LogP contribution in [0, 0.1) is 5.92 Å². The summed E-state index contributed by atoms with van der Waals surface area (Å²) in [5.74, 6) is 0.237. The zero-order valence-electron chi connectivity index (χ0n) is 21.0. The van der Waals surface area contributed by atoms with Crippen molar-refractivity contribution < 1.29 is 9.90 Å². The van der Waals surface area contributed by atoms with Gasteiger partial charge in [0.05, 0.1) is 11.3 Å². The number of aromatic carboxylic acids is 1. The van der Waals surface area contributed by atoms with Gasteiger partial charge in [-0.05, 0) is 75.0 Å². The average Bonchev–Trinajstić information content (AvgIpc) is 3.37. The fourth-order valence-electron chi connectivity index (χ4n) is 7.15. The number of likely N-dealkylation sites (N-methyl/N-ethyl adjacent to an activating group) is 1. The highest BCUT2D eigenvalue weighted by Gasteiger charge is 2.41. The summed E-state index contributed by atoms with van der Waals surface area (Å²) in [5, 5.41) is 11.1. The van der Waals surface area contributed by atoms with E-state index in [0.717, 1.165) is 31.7 Å². The first-order valence-corrected chi connectivity index (χ1v) is 13.4. The van der Waals surface area contributed by atoms with Crippen molar-refractivity contribution >= 4 is 16.9 Å². The van der Waals surface area contributed by atoms with Gasteiger partial charge in [-0.15, -0.1) is 0 Å². The van der Waals surface area contributed by atoms with Gasteiger partial charge in [0.2, 0.25) is 0 Å². The Morgan fingerprint density at radius 3 is 2.63 bits per heavy atom. The van der Waals surface area contributed by atoms with Crippen molar-refractivity contribution in [3.05, 3.63) is 59.2 Å². The van der Waals surface area contributed by atoms with E-state index in [1.807, 2.05) is 12.1 Å². The third-order valence-corrected chi connectivity index (χ3v) is 8.78. The van der Waals surface area contributed by atoms with Crippen LogP contribution in [0.15, 0.2) is 42.5 Å². The van der Waals surface area contributed by atoms with E-state index in [1.54, 1.807) is 0 Å². The van der Waals surface area contributed by atoms with Crippen LogP contribution < -0.4 is 0 Å². The van der Waals surface area contributed by atoms with Crippen LogP contribution in [0.5, 0.6) is 0 Å². The quantitative estimate of drug-likeness (QED) is 0.496. The largest absolute Gasteiger partial charge is 0.478 e. The third-order valence-electron chi connectivity index (χ3n) is 8.78. The zero-order valence-corrected chi connectivity index (χ0v) is 21.0. The number of benzene rings is 2. The number of carboxylic acids is 1. The van der Waals surface area contributed by atoms with Gasteiger partial charge in [-0.3, -0.25) is 4.90 Å². The van der Waals surface area contributed by atoms with Gasteiger partial charge in [0.1, 0.15) is 0 Å². The number of likely N-dealkylation sites (tertiary alicyclic amines) is 1. The number of carbonyl (C=O) groups is 1. The molecule has 1 saturated heterocycles. The molecule has 6 rings (SSSR count). The molecule has 2 aromatic carbocycles. The number of hydrogen-bond acceptors (Lipinski definition) is 3. The van der Waals surface area contributed by atoms with Crippen molar-refractivity contribution in [3.8, 4) is 11.3 Å². The summed E-state index contributed by atoms with van der Waals surface area (Å²) < 4.78 is 2.52. The molecule has 0 unspecified atom stereocenters. The molecule has 0 bridgehead atoms. The molecule has 3 heterocycles. The molecule has 0 radical (unpaired) electrons. The molecular weight excluding hydrogens is 434 g/mol. The molecule has 3 aliphatic rings. The molecule has 5 heteroatoms. The molecule has 2 fully saturated rings. The van der Waals surface area contributed by atoms with Gasteiger partial charge >= 0.3 is 5.97 Å². The normalized spacial score (nSPS) is 22.7. The first kappa shape index (κ1) is 22.8. The molecule has 0 amide bonds. The predicted molar refractivity (Wildman–Crippen MR) is 141 cm³/mol. The molecular formula is C30H37N3O2. The van der Waals surface area contributed by atoms with Crippen molar-refractivity contribution in [2.75, 3.05) is 33.7 Å². The molecule has 3 aromatic rings. The molecule has 184 valence electrons. The van der Waals surface area contributed by atoms with Gasteiger partial charge in [0.15, 0.2) is 0 Å². The fraction of sp³-hybridized carbons (Fsp3) is 0.500. The van der Waals surface area contributed by atoms with Crippen LogP contribution in [0.3, 0.4) is 0 Å². The van der Waals surface area contributed by atoms with Crippen LogP contribution in [-0.2, 0) is 6.54 Å². The van der Waals surface area contributed by atoms with Gasteiger partial charge in [-0.25, -0.2) is 4.79 Å². The van der Waals surface area contributed by atoms with E-state index in [2.05, 4.69) is 58.8 Å². The number of rotatable bonds is 5. The molecule has 1 aliphatic carbocycles. The molecule has 0 spiro atoms. The number of hydrogen-bond donors (Lipinski definition) is 1. The Balaban J connectivity index is 1.57. The predicted octanol–water partition coefficient (Wildman–Crippen LogP) is 5.99. The van der Waals surface area contributed by atoms with E-state index in [4.69, 9.17) is 0 Å². The van der Waals surface area contributed by atoms with Crippen LogP contribution in [0.2, 0.25) is 0 Å². The first-order valence-electron chi connectivity index (χ1n) is 13.4. The number of aromatic nitrogens is 1. The van der Waals surface area contributed by atoms with Gasteiger partial charge in [0.25, 0.3) is 0 Å². The highest BCUT2D eigenvalue weighted by Crippen LogP contribution is 2.51. The minimum atomic E-state index is -0.843. The second-order valence-electron chi connectivity index (χ2n) is 11.2. The van der Waals surface area contributed by atoms with Crippen molar-refractivity contribution in [1.29, 1.82) is 0 Å². The average molecular weight is 472 g/mol. The molecule has 5 nitrogen and oxygen atoms in total. The van der Waals surface area contributed by atoms with E-state index in [0.29, 0.717) is 23.4 Å². The molecule has 35 heavy (non-hydrogen) atoms. The monoisotopic (exact) mass is 471 g/mol. The Bertz CT molecular complexity index is 1250. The van der Waals surface area contributed by atoms with Crippen LogP contribution in [-0.4, -0.2) is 59.2 Å². The van der Waals surface area contributed by atoms with Crippen LogP contribution in [0.4, 0.5) is 0 Å². The molecule has 2 atom stereocenters. The Labute approximate surface area is 208 Å². The maximum absolute atomic E-state index is 11.9. The highest BCUT2D eigenvalue weighted by atomic mass is 16.4. The van der Waals surface area contributed by atoms with Crippen molar-refractivity contribution in [3.63, 3.8) is 0 Å². The van der Waals surface area contributed by atoms with Crippen LogP contribution >= 0.6 is 0 Å². The maximum atomic E-state index is 11.9. The lowest BCUT2D eigenvalue weighted by molar-refractivity contribution is 0.0697. The second-order valence-corrected chi connectivity index (χ2v) is 11.2. The molecule has 2 aliphatic heterocycles. The summed E-state index contributed by atoms with van der Waals surface area (Å²) in [5.41, 5.74) is 7.18. The number of fused-ring (bicyclic) bond motifs is 7. The number of nitrogens with zero attached hydrogens (tertiary/aromatic N) is 3. The third kappa shape index (κ3) is 3.89. The highest BCUT2D eigenvalue weighted by molar-refractivity contribution is 5.98. The topological polar surface area (TPSA) is 48.7 Å². The molecule has 1 saturated carbocycles. The van der Waals surface area contributed by atoms with E-state index in [1.165, 1.54) is 66.3 Å². The minimum absolute atomic E-state index is 0.390. The SMILES string of the molecule is CN(C)CCN1CC[C@H]2Cn3c(c(C4CCCCC4)c4ccc(C(=O)O)cc43)-c3ccccc3[C@@H]21. The first-order chi connectivity index (χ1) is 17.0. The van der Waals surface area contributed by atoms with E-state index < -0.39 is 5.97 Å². The summed E-state index contributed by atoms with van der Waals surface area (Å²) in [6.45, 7) is 4.23. The minimum Gasteiger partial charge on any atom is -0.478 e. The Morgan fingerprint density at radius 1 is 1.06 bits per heavy atom. The van der Waals surface area contributed by atoms with E-state index in [-0.39, 0.29) is 0 Å². The lowest BCUT2D eigenvalue weighted by Crippen LogP contribution is -2.33. The van der Waals surface area contributed by atoms with E-state index in [9.17, 15) is 9.90 Å². The summed E-state index contributed by atoms with van der Waals surface area (Å²) in [6, 6.07) is 15.4. The van der Waals surface area contributed by atoms with Gasteiger partial charge in [-0.2, -0.15) is 0 Å². The van der Waals surface area contributed by atoms with Gasteiger partial charge in [-0.1, -0.05) is 49.6 Å². The lowest BCUT2D eigenvalue weighted by atomic mass is 9.81. The van der Waals surface area contributed by atoms with E-state index >= 15 is 0 Å². The van der Waals surface area contributed by atoms with Crippen molar-refractivity contribution in [2.45, 2.75) is 57.0 Å². The Hall–Kier alpha value is -2.63. The standard InChI is InChI=1S/C30H37N3O2/c1-31(2)16-17-32-15-14-22-19-33-26-18-21(30(34)35)12-13-25(26)27(20-8-4-3-5-9-20)29(33)24-11-7-6-10-23(24)28(22)32/h6-7,10-13,18,20,22,28H,3-5,8-9,14-17,19H2,1-2H3,(H,34,35)/t22-,28+/m0/s1. The van der Waals surface area contributed by atoms with Crippen molar-refractivity contribution in [2.24, 2.45) is 5.92 Å². The molecule has 1 N–H and O–H groups in total. The summed E-state index contributed by atoms with van der Waals surface area (Å²) >= 11 is 0. The summed E-state index contributed by atoms with van der Waals surface area (Å²) in [6.07, 6.45) is 7.55. The smallest absolute Gasteiger partial charge is 0.335 e. The van der Waals surface area contributed by atoms with Gasteiger partial charge in [0, 0.05) is 42.1 Å². The lowest BCUT2D eigenvalue weighted by Gasteiger charge is -2.30. The zero-order chi connectivity index (χ0) is 24.1. The Kier molecular flexibility index (Phi) is 5.93. The van der Waals surface area contributed by atoms with Crippen LogP contribution in [0.1, 0.15) is 72.0 Å². The summed E-state index contributed by atoms with van der Waals surface area (Å²) in [4.78, 5) is 16.9. The van der Waals surface area contributed by atoms with Gasteiger partial charge < -0.3 is 14.6 Å². The second kappa shape index (κ2) is 9.11. The number of carboxylic acid groups (broad SMARTS) is 1. The fourth-order valence-corrected chi connectivity index (χ4v) is 7.15. The summed E-state index contributed by atoms with van der Waals surface area (Å²) in [7, 11) is 4.31. The Morgan fingerprint density at radius 2 is 1.86 bits per heavy atom. The van der Waals surface area contributed by atoms with Crippen LogP contribution in [0.25, 0.3) is 22.2 Å². The molecule has 1 aromatic heterocycles.